The molecule has 1 rings (SSSR count). The zero-order chi connectivity index (χ0) is 12.0. The highest BCUT2D eigenvalue weighted by Gasteiger charge is 2.24. The van der Waals surface area contributed by atoms with Crippen molar-refractivity contribution in [1.82, 2.24) is 4.90 Å². The molecule has 0 aromatic rings. The molecule has 0 radical (unpaired) electrons. The van der Waals surface area contributed by atoms with E-state index >= 15 is 0 Å². The summed E-state index contributed by atoms with van der Waals surface area (Å²) in [5.41, 5.74) is 5.91. The van der Waals surface area contributed by atoms with Crippen LogP contribution in [0.15, 0.2) is 0 Å². The third-order valence-electron chi connectivity index (χ3n) is 3.44. The molecular formula is C13H28N2O. The molecule has 1 saturated heterocycles. The topological polar surface area (TPSA) is 38.5 Å². The average Bonchev–Trinajstić information content (AvgIpc) is 2.65. The van der Waals surface area contributed by atoms with E-state index in [-0.39, 0.29) is 0 Å². The van der Waals surface area contributed by atoms with E-state index in [4.69, 9.17) is 10.5 Å². The monoisotopic (exact) mass is 228 g/mol. The SMILES string of the molecule is CC(C)CCOCCN1CCC(C(C)N)C1. The fraction of sp³-hybridized carbons (Fsp3) is 1.00. The van der Waals surface area contributed by atoms with Crippen LogP contribution >= 0.6 is 0 Å². The van der Waals surface area contributed by atoms with Gasteiger partial charge in [0.2, 0.25) is 0 Å². The second-order valence-electron chi connectivity index (χ2n) is 5.50. The summed E-state index contributed by atoms with van der Waals surface area (Å²) in [6.45, 7) is 11.8. The molecule has 0 bridgehead atoms. The van der Waals surface area contributed by atoms with E-state index < -0.39 is 0 Å². The molecule has 1 heterocycles. The Morgan fingerprint density at radius 3 is 2.62 bits per heavy atom. The Hall–Kier alpha value is -0.120. The van der Waals surface area contributed by atoms with Gasteiger partial charge in [-0.2, -0.15) is 0 Å². The molecule has 1 fully saturated rings. The molecule has 2 atom stereocenters. The molecule has 0 saturated carbocycles. The van der Waals surface area contributed by atoms with Crippen molar-refractivity contribution in [3.05, 3.63) is 0 Å². The van der Waals surface area contributed by atoms with Crippen LogP contribution in [0.5, 0.6) is 0 Å². The van der Waals surface area contributed by atoms with E-state index in [1.807, 2.05) is 0 Å². The number of ether oxygens (including phenoxy) is 1. The Labute approximate surface area is 100 Å². The highest BCUT2D eigenvalue weighted by Crippen LogP contribution is 2.17. The minimum Gasteiger partial charge on any atom is -0.380 e. The number of hydrogen-bond acceptors (Lipinski definition) is 3. The van der Waals surface area contributed by atoms with Crippen molar-refractivity contribution in [2.45, 2.75) is 39.7 Å². The van der Waals surface area contributed by atoms with Crippen molar-refractivity contribution in [3.63, 3.8) is 0 Å². The second kappa shape index (κ2) is 7.25. The van der Waals surface area contributed by atoms with Crippen LogP contribution in [-0.4, -0.2) is 43.8 Å². The van der Waals surface area contributed by atoms with Gasteiger partial charge in [0.15, 0.2) is 0 Å². The standard InChI is InChI=1S/C13H28N2O/c1-11(2)5-8-16-9-7-15-6-4-13(10-15)12(3)14/h11-13H,4-10,14H2,1-3H3. The quantitative estimate of drug-likeness (QED) is 0.674. The minimum absolute atomic E-state index is 0.340. The fourth-order valence-electron chi connectivity index (χ4n) is 2.11. The molecule has 0 aromatic heterocycles. The van der Waals surface area contributed by atoms with Crippen molar-refractivity contribution in [3.8, 4) is 0 Å². The molecular weight excluding hydrogens is 200 g/mol. The summed E-state index contributed by atoms with van der Waals surface area (Å²) in [5.74, 6) is 1.44. The molecule has 1 aliphatic rings. The zero-order valence-electron chi connectivity index (χ0n) is 11.1. The number of nitrogens with zero attached hydrogens (tertiary/aromatic N) is 1. The van der Waals surface area contributed by atoms with E-state index in [2.05, 4.69) is 25.7 Å². The molecule has 1 aliphatic heterocycles. The van der Waals surface area contributed by atoms with Crippen molar-refractivity contribution in [1.29, 1.82) is 0 Å². The van der Waals surface area contributed by atoms with Gasteiger partial charge in [-0.3, -0.25) is 0 Å². The summed E-state index contributed by atoms with van der Waals surface area (Å²) in [6.07, 6.45) is 2.42. The maximum atomic E-state index is 5.91. The van der Waals surface area contributed by atoms with E-state index in [0.717, 1.165) is 32.2 Å². The molecule has 0 spiro atoms. The lowest BCUT2D eigenvalue weighted by Gasteiger charge is -2.17. The maximum absolute atomic E-state index is 5.91. The smallest absolute Gasteiger partial charge is 0.0593 e. The Balaban J connectivity index is 1.98. The summed E-state index contributed by atoms with van der Waals surface area (Å²) in [5, 5.41) is 0. The summed E-state index contributed by atoms with van der Waals surface area (Å²) in [4.78, 5) is 2.48. The van der Waals surface area contributed by atoms with Crippen molar-refractivity contribution in [2.75, 3.05) is 32.8 Å². The Bertz CT molecular complexity index is 183. The molecule has 3 nitrogen and oxygen atoms in total. The summed E-state index contributed by atoms with van der Waals surface area (Å²) >= 11 is 0. The van der Waals surface area contributed by atoms with E-state index in [0.29, 0.717) is 12.0 Å². The summed E-state index contributed by atoms with van der Waals surface area (Å²) in [7, 11) is 0. The van der Waals surface area contributed by atoms with Gasteiger partial charge in [0, 0.05) is 25.7 Å². The van der Waals surface area contributed by atoms with Gasteiger partial charge in [-0.25, -0.2) is 0 Å². The number of nitrogens with two attached hydrogens (primary N) is 1. The van der Waals surface area contributed by atoms with Gasteiger partial charge in [0.1, 0.15) is 0 Å². The van der Waals surface area contributed by atoms with Gasteiger partial charge in [-0.1, -0.05) is 13.8 Å². The third-order valence-corrected chi connectivity index (χ3v) is 3.44. The van der Waals surface area contributed by atoms with Gasteiger partial charge >= 0.3 is 0 Å². The van der Waals surface area contributed by atoms with E-state index in [1.54, 1.807) is 0 Å². The van der Waals surface area contributed by atoms with Crippen LogP contribution in [0.2, 0.25) is 0 Å². The third kappa shape index (κ3) is 5.28. The van der Waals surface area contributed by atoms with Crippen LogP contribution in [0.3, 0.4) is 0 Å². The van der Waals surface area contributed by atoms with Gasteiger partial charge in [-0.05, 0) is 38.1 Å². The first kappa shape index (κ1) is 13.9. The van der Waals surface area contributed by atoms with Crippen LogP contribution in [0.4, 0.5) is 0 Å². The zero-order valence-corrected chi connectivity index (χ0v) is 11.1. The van der Waals surface area contributed by atoms with Gasteiger partial charge in [-0.15, -0.1) is 0 Å². The first-order chi connectivity index (χ1) is 7.59. The minimum atomic E-state index is 0.340. The molecule has 16 heavy (non-hydrogen) atoms. The maximum Gasteiger partial charge on any atom is 0.0593 e. The normalized spacial score (nSPS) is 24.2. The average molecular weight is 228 g/mol. The largest absolute Gasteiger partial charge is 0.380 e. The van der Waals surface area contributed by atoms with Crippen molar-refractivity contribution in [2.24, 2.45) is 17.6 Å². The molecule has 3 heteroatoms. The molecule has 0 aromatic carbocycles. The number of likely N-dealkylation sites (tertiary alicyclic amines) is 1. The van der Waals surface area contributed by atoms with Gasteiger partial charge in [0.05, 0.1) is 6.61 Å². The Morgan fingerprint density at radius 1 is 1.31 bits per heavy atom. The second-order valence-corrected chi connectivity index (χ2v) is 5.50. The Morgan fingerprint density at radius 2 is 2.06 bits per heavy atom. The lowest BCUT2D eigenvalue weighted by molar-refractivity contribution is 0.101. The predicted octanol–water partition coefficient (Wildman–Crippen LogP) is 1.72. The molecule has 2 N–H and O–H groups in total. The van der Waals surface area contributed by atoms with Crippen molar-refractivity contribution >= 4 is 0 Å². The van der Waals surface area contributed by atoms with Crippen LogP contribution in [-0.2, 0) is 4.74 Å². The highest BCUT2D eigenvalue weighted by atomic mass is 16.5. The molecule has 0 amide bonds. The molecule has 96 valence electrons. The van der Waals surface area contributed by atoms with Crippen LogP contribution in [0, 0.1) is 11.8 Å². The van der Waals surface area contributed by atoms with Crippen LogP contribution in [0.25, 0.3) is 0 Å². The lowest BCUT2D eigenvalue weighted by atomic mass is 10.0. The number of rotatable bonds is 7. The number of hydrogen-bond donors (Lipinski definition) is 1. The highest BCUT2D eigenvalue weighted by molar-refractivity contribution is 4.80. The Kier molecular flexibility index (Phi) is 6.32. The first-order valence-corrected chi connectivity index (χ1v) is 6.65. The van der Waals surface area contributed by atoms with Gasteiger partial charge in [0.25, 0.3) is 0 Å². The molecule has 2 unspecified atom stereocenters. The fourth-order valence-corrected chi connectivity index (χ4v) is 2.11. The predicted molar refractivity (Wildman–Crippen MR) is 68.5 cm³/mol. The van der Waals surface area contributed by atoms with Crippen LogP contribution in [0.1, 0.15) is 33.6 Å². The molecule has 0 aliphatic carbocycles. The lowest BCUT2D eigenvalue weighted by Crippen LogP contribution is -2.31. The summed E-state index contributed by atoms with van der Waals surface area (Å²) < 4.78 is 5.63. The van der Waals surface area contributed by atoms with E-state index in [1.165, 1.54) is 19.4 Å². The van der Waals surface area contributed by atoms with E-state index in [9.17, 15) is 0 Å². The van der Waals surface area contributed by atoms with Crippen LogP contribution < -0.4 is 5.73 Å². The van der Waals surface area contributed by atoms with Crippen molar-refractivity contribution < 1.29 is 4.74 Å². The summed E-state index contributed by atoms with van der Waals surface area (Å²) in [6, 6.07) is 0.340. The first-order valence-electron chi connectivity index (χ1n) is 6.65. The van der Waals surface area contributed by atoms with Gasteiger partial charge < -0.3 is 15.4 Å².